The minimum absolute atomic E-state index is 0.0813. The van der Waals surface area contributed by atoms with Crippen molar-refractivity contribution in [2.45, 2.75) is 0 Å². The van der Waals surface area contributed by atoms with Crippen LogP contribution in [0.3, 0.4) is 0 Å². The smallest absolute Gasteiger partial charge is 0.274 e. The van der Waals surface area contributed by atoms with Crippen LogP contribution in [0.25, 0.3) is 22.3 Å². The van der Waals surface area contributed by atoms with Crippen LogP contribution in [0.1, 0.15) is 10.5 Å². The molecule has 4 aromatic rings. The van der Waals surface area contributed by atoms with Gasteiger partial charge in [0.05, 0.1) is 25.0 Å². The molecule has 0 unspecified atom stereocenters. The van der Waals surface area contributed by atoms with E-state index >= 15 is 0 Å². The monoisotopic (exact) mass is 333 g/mol. The predicted octanol–water partition coefficient (Wildman–Crippen LogP) is 1.08. The number of aromatic amines is 2. The van der Waals surface area contributed by atoms with Crippen molar-refractivity contribution in [3.05, 3.63) is 55.0 Å². The second-order valence-corrected chi connectivity index (χ2v) is 5.82. The van der Waals surface area contributed by atoms with Crippen molar-refractivity contribution in [1.29, 1.82) is 0 Å². The summed E-state index contributed by atoms with van der Waals surface area (Å²) in [5.41, 5.74) is 2.97. The van der Waals surface area contributed by atoms with Crippen molar-refractivity contribution in [3.8, 4) is 11.3 Å². The van der Waals surface area contributed by atoms with Crippen molar-refractivity contribution in [2.75, 3.05) is 13.1 Å². The van der Waals surface area contributed by atoms with E-state index in [0.717, 1.165) is 28.3 Å². The number of rotatable bonds is 3. The van der Waals surface area contributed by atoms with Gasteiger partial charge in [-0.2, -0.15) is 10.2 Å². The van der Waals surface area contributed by atoms with Crippen LogP contribution in [0.5, 0.6) is 0 Å². The lowest BCUT2D eigenvalue weighted by Crippen LogP contribution is -2.51. The summed E-state index contributed by atoms with van der Waals surface area (Å²) in [6.07, 6.45) is 8.72. The minimum atomic E-state index is -0.0813. The van der Waals surface area contributed by atoms with Gasteiger partial charge in [0, 0.05) is 29.5 Å². The van der Waals surface area contributed by atoms with E-state index in [4.69, 9.17) is 0 Å². The number of amides is 1. The van der Waals surface area contributed by atoms with E-state index in [9.17, 15) is 4.79 Å². The molecule has 5 rings (SSSR count). The van der Waals surface area contributed by atoms with E-state index in [0.29, 0.717) is 18.8 Å². The van der Waals surface area contributed by atoms with Crippen molar-refractivity contribution in [3.63, 3.8) is 0 Å². The first-order chi connectivity index (χ1) is 12.3. The molecule has 0 aromatic carbocycles. The summed E-state index contributed by atoms with van der Waals surface area (Å²) in [6, 6.07) is 4.67. The molecule has 2 N–H and O–H groups in total. The lowest BCUT2D eigenvalue weighted by Gasteiger charge is -2.37. The molecule has 123 valence electrons. The summed E-state index contributed by atoms with van der Waals surface area (Å²) in [7, 11) is 0. The summed E-state index contributed by atoms with van der Waals surface area (Å²) in [6.45, 7) is 1.08. The van der Waals surface area contributed by atoms with Crippen LogP contribution < -0.4 is 0 Å². The molecule has 0 bridgehead atoms. The molecular formula is C16H13N8O. The van der Waals surface area contributed by atoms with Gasteiger partial charge in [0.15, 0.2) is 0 Å². The molecule has 1 fully saturated rings. The van der Waals surface area contributed by atoms with Crippen LogP contribution in [0, 0.1) is 6.04 Å². The van der Waals surface area contributed by atoms with E-state index in [1.165, 1.54) is 6.33 Å². The lowest BCUT2D eigenvalue weighted by atomic mass is 10.1. The third-order valence-corrected chi connectivity index (χ3v) is 4.29. The highest BCUT2D eigenvalue weighted by Crippen LogP contribution is 2.27. The van der Waals surface area contributed by atoms with Gasteiger partial charge in [0.1, 0.15) is 23.7 Å². The summed E-state index contributed by atoms with van der Waals surface area (Å²) in [5.74, 6) is -0.0813. The molecule has 1 aliphatic rings. The molecule has 1 radical (unpaired) electrons. The van der Waals surface area contributed by atoms with Crippen LogP contribution in [0.2, 0.25) is 0 Å². The number of aromatic nitrogens is 7. The quantitative estimate of drug-likeness (QED) is 0.583. The number of fused-ring (bicyclic) bond motifs is 1. The number of carbonyl (C=O) groups is 1. The van der Waals surface area contributed by atoms with E-state index in [-0.39, 0.29) is 5.91 Å². The van der Waals surface area contributed by atoms with E-state index in [1.54, 1.807) is 23.4 Å². The maximum atomic E-state index is 12.2. The molecule has 0 saturated carbocycles. The topological polar surface area (TPSA) is 108 Å². The Morgan fingerprint density at radius 1 is 1.16 bits per heavy atom. The second-order valence-electron chi connectivity index (χ2n) is 5.82. The zero-order valence-electron chi connectivity index (χ0n) is 13.0. The van der Waals surface area contributed by atoms with Crippen LogP contribution in [-0.4, -0.2) is 58.8 Å². The van der Waals surface area contributed by atoms with Crippen LogP contribution in [0.4, 0.5) is 0 Å². The molecular weight excluding hydrogens is 320 g/mol. The molecule has 0 aliphatic carbocycles. The average Bonchev–Trinajstić information content (AvgIpc) is 3.33. The standard InChI is InChI=1S/C16H13N8O/c25-16(13-2-4-20-22-13)23-7-11(8-23)24-6-10(5-21-24)14-12-1-3-17-15(12)19-9-18-14/h1-6,9H,7-8H2,(H,20,22)(H,17,18,19). The van der Waals surface area contributed by atoms with E-state index in [2.05, 4.69) is 30.2 Å². The highest BCUT2D eigenvalue weighted by atomic mass is 16.2. The first-order valence-electron chi connectivity index (χ1n) is 7.77. The Morgan fingerprint density at radius 2 is 2.08 bits per heavy atom. The Hall–Kier alpha value is -3.49. The van der Waals surface area contributed by atoms with Gasteiger partial charge in [-0.25, -0.2) is 9.97 Å². The molecule has 1 saturated heterocycles. The summed E-state index contributed by atoms with van der Waals surface area (Å²) < 4.78 is 1.81. The molecule has 0 atom stereocenters. The average molecular weight is 333 g/mol. The van der Waals surface area contributed by atoms with Gasteiger partial charge in [0.25, 0.3) is 5.91 Å². The van der Waals surface area contributed by atoms with Gasteiger partial charge in [-0.1, -0.05) is 0 Å². The van der Waals surface area contributed by atoms with Crippen LogP contribution in [0.15, 0.2) is 43.2 Å². The van der Waals surface area contributed by atoms with Gasteiger partial charge in [-0.3, -0.25) is 14.6 Å². The fourth-order valence-corrected chi connectivity index (χ4v) is 2.94. The second kappa shape index (κ2) is 5.26. The molecule has 9 nitrogen and oxygen atoms in total. The molecule has 1 aliphatic heterocycles. The van der Waals surface area contributed by atoms with E-state index < -0.39 is 0 Å². The fourth-order valence-electron chi connectivity index (χ4n) is 2.94. The van der Waals surface area contributed by atoms with Gasteiger partial charge in [0.2, 0.25) is 0 Å². The van der Waals surface area contributed by atoms with Gasteiger partial charge in [-0.15, -0.1) is 0 Å². The number of nitrogens with one attached hydrogen (secondary N) is 2. The maximum absolute atomic E-state index is 12.2. The van der Waals surface area contributed by atoms with Crippen molar-refractivity contribution in [2.24, 2.45) is 0 Å². The fraction of sp³-hybridized carbons (Fsp3) is 0.125. The number of likely N-dealkylation sites (tertiary alicyclic amines) is 1. The largest absolute Gasteiger partial charge is 0.346 e. The normalized spacial score (nSPS) is 14.8. The van der Waals surface area contributed by atoms with Crippen LogP contribution >= 0.6 is 0 Å². The summed E-state index contributed by atoms with van der Waals surface area (Å²) in [5, 5.41) is 11.9. The zero-order valence-corrected chi connectivity index (χ0v) is 13.0. The van der Waals surface area contributed by atoms with Gasteiger partial charge >= 0.3 is 0 Å². The molecule has 0 spiro atoms. The number of H-pyrrole nitrogens is 2. The van der Waals surface area contributed by atoms with Gasteiger partial charge < -0.3 is 9.88 Å². The minimum Gasteiger partial charge on any atom is -0.346 e. The molecule has 4 aromatic heterocycles. The molecule has 1 amide bonds. The first kappa shape index (κ1) is 13.9. The Kier molecular flexibility index (Phi) is 2.93. The van der Waals surface area contributed by atoms with Gasteiger partial charge in [-0.05, 0) is 12.1 Å². The summed E-state index contributed by atoms with van der Waals surface area (Å²) >= 11 is 0. The van der Waals surface area contributed by atoms with Crippen molar-refractivity contribution >= 4 is 16.9 Å². The zero-order chi connectivity index (χ0) is 16.8. The van der Waals surface area contributed by atoms with Crippen LogP contribution in [-0.2, 0) is 0 Å². The number of carbonyl (C=O) groups excluding carboxylic acids is 1. The highest BCUT2D eigenvalue weighted by Gasteiger charge is 2.34. The Morgan fingerprint density at radius 3 is 2.92 bits per heavy atom. The van der Waals surface area contributed by atoms with Crippen molar-refractivity contribution in [1.82, 2.24) is 39.8 Å². The molecule has 25 heavy (non-hydrogen) atoms. The molecule has 9 heteroatoms. The third kappa shape index (κ3) is 2.20. The Balaban J connectivity index is 1.35. The van der Waals surface area contributed by atoms with E-state index in [1.807, 2.05) is 23.1 Å². The predicted molar refractivity (Wildman–Crippen MR) is 88.2 cm³/mol. The lowest BCUT2D eigenvalue weighted by molar-refractivity contribution is 0.0660. The first-order valence-corrected chi connectivity index (χ1v) is 7.77. The SMILES string of the molecule is O=C(c1cc[nH]n1)N1C[C](n2cc(-c3ncnc4[nH]ccc34)cn2)C1. The summed E-state index contributed by atoms with van der Waals surface area (Å²) in [4.78, 5) is 25.6. The number of hydrogen-bond acceptors (Lipinski definition) is 5. The van der Waals surface area contributed by atoms with Crippen molar-refractivity contribution < 1.29 is 4.79 Å². The third-order valence-electron chi connectivity index (χ3n) is 4.29. The number of nitrogens with zero attached hydrogens (tertiary/aromatic N) is 6. The Bertz CT molecular complexity index is 1040. The maximum Gasteiger partial charge on any atom is 0.274 e. The Labute approximate surface area is 141 Å². The highest BCUT2D eigenvalue weighted by molar-refractivity contribution is 5.93. The number of hydrogen-bond donors (Lipinski definition) is 2. The molecule has 5 heterocycles.